The third-order valence-electron chi connectivity index (χ3n) is 4.59. The van der Waals surface area contributed by atoms with Crippen molar-refractivity contribution in [2.45, 2.75) is 23.8 Å². The van der Waals surface area contributed by atoms with Crippen LogP contribution in [-0.2, 0) is 10.0 Å². The van der Waals surface area contributed by atoms with Crippen molar-refractivity contribution in [1.29, 1.82) is 0 Å². The number of benzene rings is 2. The maximum atomic E-state index is 12.8. The molecule has 1 aliphatic heterocycles. The van der Waals surface area contributed by atoms with Crippen LogP contribution in [0, 0.1) is 0 Å². The molecule has 1 fully saturated rings. The van der Waals surface area contributed by atoms with Gasteiger partial charge in [-0.25, -0.2) is 8.42 Å². The molecule has 2 N–H and O–H groups in total. The molecular weight excluding hydrogens is 348 g/mol. The summed E-state index contributed by atoms with van der Waals surface area (Å²) in [5.41, 5.74) is 2.31. The smallest absolute Gasteiger partial charge is 0.261 e. The highest BCUT2D eigenvalue weighted by Gasteiger charge is 2.21. The minimum atomic E-state index is -3.68. The first-order chi connectivity index (χ1) is 12.6. The Labute approximate surface area is 153 Å². The second-order valence-electron chi connectivity index (χ2n) is 6.35. The van der Waals surface area contributed by atoms with Crippen molar-refractivity contribution >= 4 is 15.7 Å². The topological polar surface area (TPSA) is 71.3 Å². The molecule has 26 heavy (non-hydrogen) atoms. The normalized spacial score (nSPS) is 17.3. The zero-order valence-corrected chi connectivity index (χ0v) is 15.0. The van der Waals surface area contributed by atoms with E-state index in [2.05, 4.69) is 10.0 Å². The summed E-state index contributed by atoms with van der Waals surface area (Å²) in [7, 11) is -3.68. The SMILES string of the molecule is O=S(=O)(Nc1cc(C2CCCN2)ccc1-c1ccco1)c1ccccc1. The van der Waals surface area contributed by atoms with E-state index >= 15 is 0 Å². The number of hydrogen-bond donors (Lipinski definition) is 2. The third-order valence-corrected chi connectivity index (χ3v) is 5.97. The highest BCUT2D eigenvalue weighted by atomic mass is 32.2. The summed E-state index contributed by atoms with van der Waals surface area (Å²) in [4.78, 5) is 0.231. The van der Waals surface area contributed by atoms with Gasteiger partial charge in [0.25, 0.3) is 10.0 Å². The number of sulfonamides is 1. The predicted molar refractivity (Wildman–Crippen MR) is 101 cm³/mol. The van der Waals surface area contributed by atoms with Crippen molar-refractivity contribution in [3.05, 3.63) is 72.5 Å². The first-order valence-corrected chi connectivity index (χ1v) is 10.1. The summed E-state index contributed by atoms with van der Waals surface area (Å²) < 4.78 is 33.8. The largest absolute Gasteiger partial charge is 0.464 e. The molecule has 134 valence electrons. The molecule has 0 spiro atoms. The Morgan fingerprint density at radius 3 is 2.58 bits per heavy atom. The van der Waals surface area contributed by atoms with Crippen LogP contribution in [0.3, 0.4) is 0 Å². The Kier molecular flexibility index (Phi) is 4.53. The fraction of sp³-hybridized carbons (Fsp3) is 0.200. The maximum Gasteiger partial charge on any atom is 0.261 e. The molecule has 0 radical (unpaired) electrons. The highest BCUT2D eigenvalue weighted by molar-refractivity contribution is 7.92. The zero-order chi connectivity index (χ0) is 18.0. The van der Waals surface area contributed by atoms with Crippen molar-refractivity contribution in [2.24, 2.45) is 0 Å². The molecule has 5 nitrogen and oxygen atoms in total. The lowest BCUT2D eigenvalue weighted by molar-refractivity contribution is 0.582. The van der Waals surface area contributed by atoms with Crippen LogP contribution in [0.25, 0.3) is 11.3 Å². The van der Waals surface area contributed by atoms with Gasteiger partial charge in [0.15, 0.2) is 0 Å². The lowest BCUT2D eigenvalue weighted by atomic mass is 10.0. The van der Waals surface area contributed by atoms with Gasteiger partial charge in [-0.15, -0.1) is 0 Å². The van der Waals surface area contributed by atoms with Crippen LogP contribution in [-0.4, -0.2) is 15.0 Å². The van der Waals surface area contributed by atoms with Crippen LogP contribution in [0.5, 0.6) is 0 Å². The van der Waals surface area contributed by atoms with Crippen LogP contribution in [0.4, 0.5) is 5.69 Å². The number of nitrogens with one attached hydrogen (secondary N) is 2. The van der Waals surface area contributed by atoms with Crippen molar-refractivity contribution in [2.75, 3.05) is 11.3 Å². The molecule has 1 aliphatic rings. The summed E-state index contributed by atoms with van der Waals surface area (Å²) in [5.74, 6) is 0.627. The average molecular weight is 368 g/mol. The van der Waals surface area contributed by atoms with E-state index in [9.17, 15) is 8.42 Å². The number of hydrogen-bond acceptors (Lipinski definition) is 4. The van der Waals surface area contributed by atoms with E-state index in [1.165, 1.54) is 0 Å². The second-order valence-corrected chi connectivity index (χ2v) is 8.03. The molecule has 6 heteroatoms. The minimum absolute atomic E-state index is 0.231. The van der Waals surface area contributed by atoms with Gasteiger partial charge in [-0.3, -0.25) is 4.72 Å². The molecule has 0 amide bonds. The predicted octanol–water partition coefficient (Wildman–Crippen LogP) is 4.17. The number of furan rings is 1. The standard InChI is InChI=1S/C20H20N2O3S/c23-26(24,16-6-2-1-3-7-16)22-19-14-15(18-8-4-12-21-18)10-11-17(19)20-9-5-13-25-20/h1-3,5-7,9-11,13-14,18,21-22H,4,8,12H2. The Morgan fingerprint density at radius 2 is 1.88 bits per heavy atom. The molecule has 0 saturated carbocycles. The summed E-state index contributed by atoms with van der Waals surface area (Å²) in [6.45, 7) is 0.982. The van der Waals surface area contributed by atoms with Crippen molar-refractivity contribution < 1.29 is 12.8 Å². The average Bonchev–Trinajstić information content (AvgIpc) is 3.36. The van der Waals surface area contributed by atoms with Crippen LogP contribution >= 0.6 is 0 Å². The first-order valence-electron chi connectivity index (χ1n) is 8.62. The van der Waals surface area contributed by atoms with Gasteiger partial charge in [-0.1, -0.05) is 24.3 Å². The molecule has 2 aromatic carbocycles. The van der Waals surface area contributed by atoms with Gasteiger partial charge in [0.05, 0.1) is 16.8 Å². The van der Waals surface area contributed by atoms with Gasteiger partial charge in [0.2, 0.25) is 0 Å². The van der Waals surface area contributed by atoms with Crippen molar-refractivity contribution in [1.82, 2.24) is 5.32 Å². The van der Waals surface area contributed by atoms with E-state index in [0.717, 1.165) is 30.5 Å². The minimum Gasteiger partial charge on any atom is -0.464 e. The first kappa shape index (κ1) is 16.9. The third kappa shape index (κ3) is 3.38. The summed E-state index contributed by atoms with van der Waals surface area (Å²) in [6, 6.07) is 18.1. The second kappa shape index (κ2) is 6.97. The molecule has 2 heterocycles. The van der Waals surface area contributed by atoms with Gasteiger partial charge in [0.1, 0.15) is 5.76 Å². The van der Waals surface area contributed by atoms with Gasteiger partial charge >= 0.3 is 0 Å². The molecule has 1 aromatic heterocycles. The van der Waals surface area contributed by atoms with E-state index in [0.29, 0.717) is 11.4 Å². The molecule has 1 atom stereocenters. The van der Waals surface area contributed by atoms with E-state index in [1.807, 2.05) is 24.3 Å². The fourth-order valence-corrected chi connectivity index (χ4v) is 4.37. The van der Waals surface area contributed by atoms with E-state index in [1.54, 1.807) is 42.7 Å². The molecule has 4 rings (SSSR count). The number of rotatable bonds is 5. The Morgan fingerprint density at radius 1 is 1.04 bits per heavy atom. The summed E-state index contributed by atoms with van der Waals surface area (Å²) in [6.07, 6.45) is 3.75. The van der Waals surface area contributed by atoms with Crippen LogP contribution < -0.4 is 10.0 Å². The zero-order valence-electron chi connectivity index (χ0n) is 14.2. The summed E-state index contributed by atoms with van der Waals surface area (Å²) >= 11 is 0. The van der Waals surface area contributed by atoms with Crippen LogP contribution in [0.15, 0.2) is 76.2 Å². The van der Waals surface area contributed by atoms with Crippen molar-refractivity contribution in [3.8, 4) is 11.3 Å². The molecular formula is C20H20N2O3S. The molecule has 0 bridgehead atoms. The Bertz CT molecular complexity index is 977. The van der Waals surface area contributed by atoms with E-state index in [-0.39, 0.29) is 10.9 Å². The molecule has 1 unspecified atom stereocenters. The monoisotopic (exact) mass is 368 g/mol. The molecule has 0 aliphatic carbocycles. The van der Waals surface area contributed by atoms with E-state index in [4.69, 9.17) is 4.42 Å². The quantitative estimate of drug-likeness (QED) is 0.709. The highest BCUT2D eigenvalue weighted by Crippen LogP contribution is 2.34. The van der Waals surface area contributed by atoms with Gasteiger partial charge < -0.3 is 9.73 Å². The Hall–Kier alpha value is -2.57. The van der Waals surface area contributed by atoms with Gasteiger partial charge in [0, 0.05) is 11.6 Å². The lowest BCUT2D eigenvalue weighted by Gasteiger charge is -2.16. The Balaban J connectivity index is 1.75. The fourth-order valence-electron chi connectivity index (χ4n) is 3.28. The van der Waals surface area contributed by atoms with Gasteiger partial charge in [-0.2, -0.15) is 0 Å². The molecule has 1 saturated heterocycles. The maximum absolute atomic E-state index is 12.8. The van der Waals surface area contributed by atoms with Crippen LogP contribution in [0.1, 0.15) is 24.4 Å². The lowest BCUT2D eigenvalue weighted by Crippen LogP contribution is -2.16. The van der Waals surface area contributed by atoms with Crippen molar-refractivity contribution in [3.63, 3.8) is 0 Å². The molecule has 3 aromatic rings. The van der Waals surface area contributed by atoms with Crippen LogP contribution in [0.2, 0.25) is 0 Å². The summed E-state index contributed by atoms with van der Waals surface area (Å²) in [5, 5.41) is 3.45. The number of anilines is 1. The van der Waals surface area contributed by atoms with E-state index < -0.39 is 10.0 Å². The van der Waals surface area contributed by atoms with Gasteiger partial charge in [-0.05, 0) is 61.3 Å².